The Morgan fingerprint density at radius 1 is 1.18 bits per heavy atom. The number of nitrogens with one attached hydrogen (secondary N) is 1. The zero-order valence-corrected chi connectivity index (χ0v) is 12.4. The van der Waals surface area contributed by atoms with Crippen LogP contribution in [0.15, 0.2) is 48.7 Å². The lowest BCUT2D eigenvalue weighted by atomic mass is 10.3. The van der Waals surface area contributed by atoms with Crippen molar-refractivity contribution < 1.29 is 9.53 Å². The van der Waals surface area contributed by atoms with Crippen molar-refractivity contribution in [1.82, 2.24) is 19.9 Å². The second-order valence-corrected chi connectivity index (χ2v) is 5.04. The van der Waals surface area contributed by atoms with Crippen LogP contribution in [0.25, 0.3) is 11.2 Å². The lowest BCUT2D eigenvalue weighted by Crippen LogP contribution is -2.32. The molecule has 1 N–H and O–H groups in total. The van der Waals surface area contributed by atoms with Crippen LogP contribution in [0, 0.1) is 0 Å². The van der Waals surface area contributed by atoms with Gasteiger partial charge in [-0.1, -0.05) is 18.2 Å². The summed E-state index contributed by atoms with van der Waals surface area (Å²) in [5, 5.41) is 0. The molecule has 0 bridgehead atoms. The van der Waals surface area contributed by atoms with E-state index in [1.165, 1.54) is 4.90 Å². The number of aromatic nitrogens is 3. The van der Waals surface area contributed by atoms with E-state index in [1.807, 2.05) is 30.3 Å². The number of aromatic amines is 1. The maximum atomic E-state index is 12.4. The van der Waals surface area contributed by atoms with E-state index in [2.05, 4.69) is 15.0 Å². The van der Waals surface area contributed by atoms with Gasteiger partial charge in [0.15, 0.2) is 11.5 Å². The minimum absolute atomic E-state index is 0.192. The van der Waals surface area contributed by atoms with Crippen molar-refractivity contribution in [2.45, 2.75) is 6.10 Å². The molecule has 0 radical (unpaired) electrons. The maximum absolute atomic E-state index is 12.4. The first-order valence-corrected chi connectivity index (χ1v) is 6.88. The Kier molecular flexibility index (Phi) is 3.74. The predicted octanol–water partition coefficient (Wildman–Crippen LogP) is 2.17. The molecule has 3 aromatic rings. The summed E-state index contributed by atoms with van der Waals surface area (Å²) < 4.78 is 5.84. The molecular weight excluding hydrogens is 280 g/mol. The molecule has 1 atom stereocenters. The van der Waals surface area contributed by atoms with Gasteiger partial charge in [-0.05, 0) is 24.3 Å². The van der Waals surface area contributed by atoms with Crippen molar-refractivity contribution in [3.8, 4) is 5.75 Å². The number of imidazole rings is 1. The van der Waals surface area contributed by atoms with E-state index in [-0.39, 0.29) is 5.91 Å². The van der Waals surface area contributed by atoms with E-state index in [0.717, 1.165) is 5.52 Å². The van der Waals surface area contributed by atoms with Crippen LogP contribution in [-0.4, -0.2) is 39.9 Å². The molecule has 6 heteroatoms. The first-order valence-electron chi connectivity index (χ1n) is 6.88. The number of ether oxygens (including phenoxy) is 1. The number of carbonyl (C=O) groups excluding carboxylic acids is 1. The Hall–Kier alpha value is -2.89. The highest BCUT2D eigenvalue weighted by Crippen LogP contribution is 2.23. The van der Waals surface area contributed by atoms with Crippen LogP contribution in [0.5, 0.6) is 5.75 Å². The fourth-order valence-electron chi connectivity index (χ4n) is 2.08. The molecule has 1 unspecified atom stereocenters. The Labute approximate surface area is 127 Å². The standard InChI is InChI=1S/C16H16N4O2/c1-20(2)16(21)13(22-11-7-4-3-5-8-11)15-18-12-9-6-10-17-14(12)19-15/h3-10,13H,1-2H3,(H,17,18,19). The van der Waals surface area contributed by atoms with E-state index < -0.39 is 6.10 Å². The molecule has 22 heavy (non-hydrogen) atoms. The molecule has 0 aliphatic rings. The summed E-state index contributed by atoms with van der Waals surface area (Å²) >= 11 is 0. The minimum Gasteiger partial charge on any atom is -0.473 e. The van der Waals surface area contributed by atoms with Gasteiger partial charge in [0, 0.05) is 20.3 Å². The number of para-hydroxylation sites is 1. The Morgan fingerprint density at radius 3 is 2.64 bits per heavy atom. The molecule has 3 rings (SSSR count). The van der Waals surface area contributed by atoms with Gasteiger partial charge in [-0.3, -0.25) is 4.79 Å². The van der Waals surface area contributed by atoms with E-state index >= 15 is 0 Å². The Balaban J connectivity index is 1.99. The quantitative estimate of drug-likeness (QED) is 0.801. The molecular formula is C16H16N4O2. The molecule has 1 amide bonds. The van der Waals surface area contributed by atoms with E-state index in [9.17, 15) is 4.79 Å². The summed E-state index contributed by atoms with van der Waals surface area (Å²) in [7, 11) is 3.37. The summed E-state index contributed by atoms with van der Waals surface area (Å²) in [4.78, 5) is 25.6. The van der Waals surface area contributed by atoms with E-state index in [4.69, 9.17) is 4.74 Å². The zero-order chi connectivity index (χ0) is 15.5. The normalized spacial score (nSPS) is 12.1. The number of carbonyl (C=O) groups is 1. The van der Waals surface area contributed by atoms with Crippen LogP contribution in [0.4, 0.5) is 0 Å². The third-order valence-corrected chi connectivity index (χ3v) is 3.19. The largest absolute Gasteiger partial charge is 0.473 e. The van der Waals surface area contributed by atoms with Crippen LogP contribution in [0.3, 0.4) is 0 Å². The van der Waals surface area contributed by atoms with Gasteiger partial charge in [0.1, 0.15) is 5.75 Å². The third-order valence-electron chi connectivity index (χ3n) is 3.19. The molecule has 0 aliphatic heterocycles. The van der Waals surface area contributed by atoms with Crippen molar-refractivity contribution in [3.63, 3.8) is 0 Å². The van der Waals surface area contributed by atoms with Crippen LogP contribution >= 0.6 is 0 Å². The van der Waals surface area contributed by atoms with Crippen molar-refractivity contribution in [1.29, 1.82) is 0 Å². The van der Waals surface area contributed by atoms with E-state index in [1.54, 1.807) is 32.4 Å². The summed E-state index contributed by atoms with van der Waals surface area (Å²) in [6.45, 7) is 0. The van der Waals surface area contributed by atoms with Gasteiger partial charge in [0.05, 0.1) is 5.52 Å². The summed E-state index contributed by atoms with van der Waals surface area (Å²) in [5.74, 6) is 0.857. The molecule has 112 valence electrons. The molecule has 0 saturated carbocycles. The summed E-state index contributed by atoms with van der Waals surface area (Å²) in [5.41, 5.74) is 1.33. The summed E-state index contributed by atoms with van der Waals surface area (Å²) in [6, 6.07) is 12.9. The first-order chi connectivity index (χ1) is 10.6. The second-order valence-electron chi connectivity index (χ2n) is 5.04. The minimum atomic E-state index is -0.841. The number of pyridine rings is 1. The van der Waals surface area contributed by atoms with Gasteiger partial charge in [-0.2, -0.15) is 0 Å². The van der Waals surface area contributed by atoms with Gasteiger partial charge in [0.25, 0.3) is 5.91 Å². The number of hydrogen-bond acceptors (Lipinski definition) is 4. The number of nitrogens with zero attached hydrogens (tertiary/aromatic N) is 3. The van der Waals surface area contributed by atoms with Crippen molar-refractivity contribution >= 4 is 17.1 Å². The SMILES string of the molecule is CN(C)C(=O)C(Oc1ccccc1)c1nc2ncccc2[nH]1. The number of amides is 1. The molecule has 0 aliphatic carbocycles. The highest BCUT2D eigenvalue weighted by Gasteiger charge is 2.27. The molecule has 2 aromatic heterocycles. The smallest absolute Gasteiger partial charge is 0.271 e. The zero-order valence-electron chi connectivity index (χ0n) is 12.4. The average molecular weight is 296 g/mol. The van der Waals surface area contributed by atoms with Gasteiger partial charge < -0.3 is 14.6 Å². The molecule has 1 aromatic carbocycles. The number of benzene rings is 1. The number of fused-ring (bicyclic) bond motifs is 1. The van der Waals surface area contributed by atoms with Crippen LogP contribution in [0.1, 0.15) is 11.9 Å². The fourth-order valence-corrected chi connectivity index (χ4v) is 2.08. The maximum Gasteiger partial charge on any atom is 0.271 e. The molecule has 6 nitrogen and oxygen atoms in total. The lowest BCUT2D eigenvalue weighted by molar-refractivity contribution is -0.136. The lowest BCUT2D eigenvalue weighted by Gasteiger charge is -2.20. The van der Waals surface area contributed by atoms with Crippen LogP contribution in [-0.2, 0) is 4.79 Å². The van der Waals surface area contributed by atoms with E-state index in [0.29, 0.717) is 17.2 Å². The van der Waals surface area contributed by atoms with Crippen molar-refractivity contribution in [2.24, 2.45) is 0 Å². The predicted molar refractivity (Wildman–Crippen MR) is 82.4 cm³/mol. The Bertz CT molecular complexity index is 750. The molecule has 0 fully saturated rings. The van der Waals surface area contributed by atoms with Crippen molar-refractivity contribution in [2.75, 3.05) is 14.1 Å². The van der Waals surface area contributed by atoms with Gasteiger partial charge in [-0.15, -0.1) is 0 Å². The monoisotopic (exact) mass is 296 g/mol. The fraction of sp³-hybridized carbons (Fsp3) is 0.188. The first kappa shape index (κ1) is 14.1. The number of rotatable bonds is 4. The van der Waals surface area contributed by atoms with Gasteiger partial charge in [0.2, 0.25) is 6.10 Å². The topological polar surface area (TPSA) is 71.1 Å². The summed E-state index contributed by atoms with van der Waals surface area (Å²) in [6.07, 6.45) is 0.819. The Morgan fingerprint density at radius 2 is 1.95 bits per heavy atom. The highest BCUT2D eigenvalue weighted by atomic mass is 16.5. The van der Waals surface area contributed by atoms with Crippen LogP contribution in [0.2, 0.25) is 0 Å². The van der Waals surface area contributed by atoms with Gasteiger partial charge in [-0.25, -0.2) is 9.97 Å². The second kappa shape index (κ2) is 5.85. The third kappa shape index (κ3) is 2.76. The van der Waals surface area contributed by atoms with Crippen LogP contribution < -0.4 is 4.74 Å². The van der Waals surface area contributed by atoms with Crippen molar-refractivity contribution in [3.05, 3.63) is 54.5 Å². The number of H-pyrrole nitrogens is 1. The number of likely N-dealkylation sites (N-methyl/N-ethyl adjacent to an activating group) is 1. The molecule has 0 saturated heterocycles. The number of hydrogen-bond donors (Lipinski definition) is 1. The highest BCUT2D eigenvalue weighted by molar-refractivity contribution is 5.82. The molecule has 0 spiro atoms. The van der Waals surface area contributed by atoms with Gasteiger partial charge >= 0.3 is 0 Å². The average Bonchev–Trinajstić information content (AvgIpc) is 2.96. The molecule has 2 heterocycles.